The van der Waals surface area contributed by atoms with Crippen LogP contribution in [0.2, 0.25) is 0 Å². The number of hydrogen-bond donors (Lipinski definition) is 5. The van der Waals surface area contributed by atoms with Gasteiger partial charge in [-0.15, -0.1) is 0 Å². The van der Waals surface area contributed by atoms with Crippen molar-refractivity contribution in [3.05, 3.63) is 29.8 Å². The number of nitrogens with two attached hydrogens (primary N) is 1. The second-order valence-corrected chi connectivity index (χ2v) is 10.2. The Balaban J connectivity index is 2.12. The monoisotopic (exact) mass is 522 g/mol. The van der Waals surface area contributed by atoms with Gasteiger partial charge in [0.2, 0.25) is 17.7 Å². The van der Waals surface area contributed by atoms with Crippen molar-refractivity contribution >= 4 is 35.5 Å². The molecule has 0 aliphatic carbocycles. The molecule has 5 atom stereocenters. The predicted octanol–water partition coefficient (Wildman–Crippen LogP) is 1.11. The van der Waals surface area contributed by atoms with Crippen LogP contribution in [0.4, 0.5) is 0 Å². The fraction of sp³-hybridized carbons (Fsp3) is 0.600. The van der Waals surface area contributed by atoms with Crippen LogP contribution in [-0.2, 0) is 25.6 Å². The van der Waals surface area contributed by atoms with E-state index >= 15 is 0 Å². The summed E-state index contributed by atoms with van der Waals surface area (Å²) in [5.74, 6) is -1.86. The third kappa shape index (κ3) is 8.12. The van der Waals surface area contributed by atoms with E-state index in [9.17, 15) is 29.4 Å². The number of carboxylic acid groups (broad SMARTS) is 1. The first-order valence-electron chi connectivity index (χ1n) is 12.2. The maximum absolute atomic E-state index is 13.4. The van der Waals surface area contributed by atoms with Crippen LogP contribution < -0.4 is 16.4 Å². The van der Waals surface area contributed by atoms with Crippen molar-refractivity contribution in [1.29, 1.82) is 0 Å². The lowest BCUT2D eigenvalue weighted by Gasteiger charge is -2.30. The fourth-order valence-corrected chi connectivity index (χ4v) is 4.58. The lowest BCUT2D eigenvalue weighted by Crippen LogP contribution is -2.57. The molecule has 1 aliphatic rings. The second-order valence-electron chi connectivity index (χ2n) is 9.21. The quantitative estimate of drug-likeness (QED) is 0.257. The van der Waals surface area contributed by atoms with Gasteiger partial charge < -0.3 is 31.5 Å². The van der Waals surface area contributed by atoms with Crippen molar-refractivity contribution in [2.24, 2.45) is 11.7 Å². The molecule has 6 N–H and O–H groups in total. The van der Waals surface area contributed by atoms with Gasteiger partial charge in [-0.05, 0) is 54.9 Å². The number of nitrogens with zero attached hydrogens (tertiary/aromatic N) is 1. The van der Waals surface area contributed by atoms with Crippen molar-refractivity contribution in [3.63, 3.8) is 0 Å². The first kappa shape index (κ1) is 29.4. The number of phenols is 1. The van der Waals surface area contributed by atoms with Gasteiger partial charge in [-0.3, -0.25) is 14.4 Å². The van der Waals surface area contributed by atoms with Crippen LogP contribution in [0, 0.1) is 5.92 Å². The molecule has 0 spiro atoms. The number of hydrogen-bond acceptors (Lipinski definition) is 7. The minimum absolute atomic E-state index is 0.0297. The van der Waals surface area contributed by atoms with Gasteiger partial charge in [0.15, 0.2) is 0 Å². The topological polar surface area (TPSA) is 162 Å². The maximum Gasteiger partial charge on any atom is 0.326 e. The third-order valence-corrected chi connectivity index (χ3v) is 7.26. The highest BCUT2D eigenvalue weighted by atomic mass is 32.2. The molecule has 0 radical (unpaired) electrons. The third-order valence-electron chi connectivity index (χ3n) is 6.61. The molecular weight excluding hydrogens is 484 g/mol. The number of carboxylic acids is 1. The Kier molecular flexibility index (Phi) is 11.5. The zero-order valence-corrected chi connectivity index (χ0v) is 21.9. The van der Waals surface area contributed by atoms with Gasteiger partial charge in [0.1, 0.15) is 23.9 Å². The van der Waals surface area contributed by atoms with Gasteiger partial charge >= 0.3 is 5.97 Å². The Bertz CT molecular complexity index is 912. The molecule has 200 valence electrons. The van der Waals surface area contributed by atoms with Crippen LogP contribution in [0.5, 0.6) is 5.75 Å². The molecule has 0 bridgehead atoms. The summed E-state index contributed by atoms with van der Waals surface area (Å²) in [7, 11) is 0. The molecule has 11 heteroatoms. The Morgan fingerprint density at radius 1 is 1.17 bits per heavy atom. The standard InChI is InChI=1S/C25H38N4O6S/c1-4-15(2)21(26)23(32)27-18(11-13-36-3)24(33)29-12-5-6-20(29)22(31)28-19(25(34)35)14-16-7-9-17(30)10-8-16/h7-10,15,18-21,30H,4-6,11-14,26H2,1-3H3,(H,27,32)(H,28,31)(H,34,35). The molecule has 0 aromatic heterocycles. The van der Waals surface area contributed by atoms with Gasteiger partial charge in [-0.2, -0.15) is 11.8 Å². The number of phenolic OH excluding ortho intramolecular Hbond substituents is 1. The number of aliphatic carboxylic acids is 1. The van der Waals surface area contributed by atoms with Crippen LogP contribution in [0.1, 0.15) is 45.1 Å². The average Bonchev–Trinajstić information content (AvgIpc) is 3.35. The summed E-state index contributed by atoms with van der Waals surface area (Å²) in [6.07, 6.45) is 4.04. The van der Waals surface area contributed by atoms with Crippen LogP contribution in [-0.4, -0.2) is 81.5 Å². The number of nitrogens with one attached hydrogen (secondary N) is 2. The SMILES string of the molecule is CCC(C)C(N)C(=O)NC(CCSC)C(=O)N1CCCC1C(=O)NC(Cc1ccc(O)cc1)C(=O)O. The van der Waals surface area contributed by atoms with Gasteiger partial charge in [-0.25, -0.2) is 4.79 Å². The van der Waals surface area contributed by atoms with E-state index < -0.39 is 42.0 Å². The summed E-state index contributed by atoms with van der Waals surface area (Å²) in [5.41, 5.74) is 6.69. The molecule has 1 saturated heterocycles. The number of carbonyl (C=O) groups is 4. The Morgan fingerprint density at radius 3 is 2.42 bits per heavy atom. The number of rotatable bonds is 13. The minimum Gasteiger partial charge on any atom is -0.508 e. The number of benzene rings is 1. The lowest BCUT2D eigenvalue weighted by molar-refractivity contribution is -0.145. The van der Waals surface area contributed by atoms with Crippen LogP contribution in [0.25, 0.3) is 0 Å². The van der Waals surface area contributed by atoms with Gasteiger partial charge in [-0.1, -0.05) is 32.4 Å². The molecule has 1 aromatic rings. The van der Waals surface area contributed by atoms with E-state index in [1.165, 1.54) is 17.0 Å². The smallest absolute Gasteiger partial charge is 0.326 e. The maximum atomic E-state index is 13.4. The number of aromatic hydroxyl groups is 1. The molecule has 1 heterocycles. The summed E-state index contributed by atoms with van der Waals surface area (Å²) >= 11 is 1.54. The van der Waals surface area contributed by atoms with Crippen molar-refractivity contribution < 1.29 is 29.4 Å². The Morgan fingerprint density at radius 2 is 1.83 bits per heavy atom. The van der Waals surface area contributed by atoms with Crippen molar-refractivity contribution in [3.8, 4) is 5.75 Å². The molecule has 3 amide bonds. The highest BCUT2D eigenvalue weighted by molar-refractivity contribution is 7.98. The van der Waals surface area contributed by atoms with Crippen LogP contribution in [0.3, 0.4) is 0 Å². The first-order valence-corrected chi connectivity index (χ1v) is 13.6. The number of amides is 3. The summed E-state index contributed by atoms with van der Waals surface area (Å²) in [6, 6.07) is 2.50. The number of likely N-dealkylation sites (tertiary alicyclic amines) is 1. The predicted molar refractivity (Wildman–Crippen MR) is 138 cm³/mol. The van der Waals surface area contributed by atoms with Crippen LogP contribution >= 0.6 is 11.8 Å². The first-order chi connectivity index (χ1) is 17.1. The summed E-state index contributed by atoms with van der Waals surface area (Å²) in [4.78, 5) is 52.5. The van der Waals surface area contributed by atoms with E-state index in [2.05, 4.69) is 10.6 Å². The molecule has 1 aromatic carbocycles. The summed E-state index contributed by atoms with van der Waals surface area (Å²) in [5, 5.41) is 24.4. The molecule has 2 rings (SSSR count). The van der Waals surface area contributed by atoms with Crippen molar-refractivity contribution in [1.82, 2.24) is 15.5 Å². The summed E-state index contributed by atoms with van der Waals surface area (Å²) in [6.45, 7) is 4.16. The second kappa shape index (κ2) is 14.1. The Labute approximate surface area is 216 Å². The highest BCUT2D eigenvalue weighted by Crippen LogP contribution is 2.21. The number of carbonyl (C=O) groups excluding carboxylic acids is 3. The van der Waals surface area contributed by atoms with Gasteiger partial charge in [0, 0.05) is 13.0 Å². The molecule has 36 heavy (non-hydrogen) atoms. The molecule has 5 unspecified atom stereocenters. The zero-order valence-electron chi connectivity index (χ0n) is 21.1. The molecular formula is C25H38N4O6S. The van der Waals surface area contributed by atoms with Gasteiger partial charge in [0.25, 0.3) is 0 Å². The average molecular weight is 523 g/mol. The largest absolute Gasteiger partial charge is 0.508 e. The van der Waals surface area contributed by atoms with E-state index in [1.54, 1.807) is 23.9 Å². The van der Waals surface area contributed by atoms with Crippen molar-refractivity contribution in [2.45, 2.75) is 70.1 Å². The van der Waals surface area contributed by atoms with E-state index in [4.69, 9.17) is 5.73 Å². The molecule has 0 saturated carbocycles. The zero-order chi connectivity index (χ0) is 26.8. The van der Waals surface area contributed by atoms with Crippen molar-refractivity contribution in [2.75, 3.05) is 18.6 Å². The van der Waals surface area contributed by atoms with Gasteiger partial charge in [0.05, 0.1) is 6.04 Å². The van der Waals surface area contributed by atoms with Crippen LogP contribution in [0.15, 0.2) is 24.3 Å². The molecule has 1 aliphatic heterocycles. The van der Waals surface area contributed by atoms with E-state index in [1.807, 2.05) is 20.1 Å². The lowest BCUT2D eigenvalue weighted by atomic mass is 9.99. The van der Waals surface area contributed by atoms with E-state index in [-0.39, 0.29) is 24.0 Å². The molecule has 10 nitrogen and oxygen atoms in total. The van der Waals surface area contributed by atoms with E-state index in [0.29, 0.717) is 37.1 Å². The fourth-order valence-electron chi connectivity index (χ4n) is 4.11. The Hall–Kier alpha value is -2.79. The molecule has 1 fully saturated rings. The number of thioether (sulfide) groups is 1. The van der Waals surface area contributed by atoms with E-state index in [0.717, 1.165) is 6.42 Å². The normalized spacial score (nSPS) is 18.7. The highest BCUT2D eigenvalue weighted by Gasteiger charge is 2.39. The summed E-state index contributed by atoms with van der Waals surface area (Å²) < 4.78 is 0. The minimum atomic E-state index is -1.20.